The summed E-state index contributed by atoms with van der Waals surface area (Å²) in [5, 5.41) is 5.21. The smallest absolute Gasteiger partial charge is 0.314 e. The Morgan fingerprint density at radius 3 is 2.16 bits per heavy atom. The number of nitrogens with one attached hydrogen (secondary N) is 2. The van der Waals surface area contributed by atoms with Gasteiger partial charge in [0, 0.05) is 28.9 Å². The molecule has 1 heterocycles. The van der Waals surface area contributed by atoms with Crippen LogP contribution in [-0.2, 0) is 9.59 Å². The van der Waals surface area contributed by atoms with E-state index >= 15 is 0 Å². The normalized spacial score (nSPS) is 14.0. The molecule has 2 aromatic rings. The lowest BCUT2D eigenvalue weighted by Gasteiger charge is -2.28. The number of para-hydroxylation sites is 1. The molecule has 2 aromatic carbocycles. The Labute approximate surface area is 155 Å². The zero-order valence-corrected chi connectivity index (χ0v) is 15.4. The van der Waals surface area contributed by atoms with Gasteiger partial charge in [0.05, 0.1) is 5.69 Å². The minimum Gasteiger partial charge on any atom is -0.372 e. The third-order valence-corrected chi connectivity index (χ3v) is 4.87. The van der Waals surface area contributed by atoms with Gasteiger partial charge in [0.15, 0.2) is 0 Å². The van der Waals surface area contributed by atoms with Gasteiger partial charge in [-0.25, -0.2) is 0 Å². The molecule has 0 aromatic heterocycles. The van der Waals surface area contributed by atoms with E-state index in [2.05, 4.69) is 31.5 Å². The number of halogens is 1. The highest BCUT2D eigenvalue weighted by molar-refractivity contribution is 9.10. The molecule has 1 aliphatic rings. The summed E-state index contributed by atoms with van der Waals surface area (Å²) in [5.41, 5.74) is 2.31. The number of carbonyl (C=O) groups excluding carboxylic acids is 2. The maximum atomic E-state index is 12.1. The number of anilines is 3. The fraction of sp³-hybridized carbons (Fsp3) is 0.263. The van der Waals surface area contributed by atoms with Crippen molar-refractivity contribution in [1.82, 2.24) is 0 Å². The molecule has 25 heavy (non-hydrogen) atoms. The molecule has 0 bridgehead atoms. The maximum absolute atomic E-state index is 12.1. The average molecular weight is 402 g/mol. The highest BCUT2D eigenvalue weighted by Gasteiger charge is 2.16. The number of benzene rings is 2. The van der Waals surface area contributed by atoms with Crippen molar-refractivity contribution in [3.05, 3.63) is 53.0 Å². The molecule has 1 fully saturated rings. The van der Waals surface area contributed by atoms with E-state index in [-0.39, 0.29) is 0 Å². The highest BCUT2D eigenvalue weighted by Crippen LogP contribution is 2.23. The SMILES string of the molecule is O=C(Nc1ccc(N2CCCCC2)cc1)C(=O)Nc1ccccc1Br. The molecule has 0 radical (unpaired) electrons. The zero-order chi connectivity index (χ0) is 17.6. The molecule has 0 aliphatic carbocycles. The Hall–Kier alpha value is -2.34. The Morgan fingerprint density at radius 1 is 0.840 bits per heavy atom. The van der Waals surface area contributed by atoms with Gasteiger partial charge in [-0.3, -0.25) is 9.59 Å². The number of carbonyl (C=O) groups is 2. The number of piperidine rings is 1. The molecular formula is C19H20BrN3O2. The molecule has 2 amide bonds. The Morgan fingerprint density at radius 2 is 1.48 bits per heavy atom. The van der Waals surface area contributed by atoms with Gasteiger partial charge in [0.1, 0.15) is 0 Å². The van der Waals surface area contributed by atoms with Crippen LogP contribution in [0.2, 0.25) is 0 Å². The maximum Gasteiger partial charge on any atom is 0.314 e. The van der Waals surface area contributed by atoms with Crippen molar-refractivity contribution in [2.45, 2.75) is 19.3 Å². The van der Waals surface area contributed by atoms with Gasteiger partial charge in [-0.2, -0.15) is 0 Å². The van der Waals surface area contributed by atoms with Crippen LogP contribution >= 0.6 is 15.9 Å². The van der Waals surface area contributed by atoms with E-state index in [4.69, 9.17) is 0 Å². The van der Waals surface area contributed by atoms with Gasteiger partial charge in [-0.15, -0.1) is 0 Å². The lowest BCUT2D eigenvalue weighted by molar-refractivity contribution is -0.133. The highest BCUT2D eigenvalue weighted by atomic mass is 79.9. The molecule has 1 aliphatic heterocycles. The van der Waals surface area contributed by atoms with Crippen LogP contribution in [0.15, 0.2) is 53.0 Å². The van der Waals surface area contributed by atoms with Crippen LogP contribution in [0.4, 0.5) is 17.1 Å². The third kappa shape index (κ3) is 4.60. The lowest BCUT2D eigenvalue weighted by atomic mass is 10.1. The lowest BCUT2D eigenvalue weighted by Crippen LogP contribution is -2.30. The van der Waals surface area contributed by atoms with Crippen molar-refractivity contribution >= 4 is 44.8 Å². The number of nitrogens with zero attached hydrogens (tertiary/aromatic N) is 1. The van der Waals surface area contributed by atoms with Gasteiger partial charge in [0.2, 0.25) is 0 Å². The molecule has 0 atom stereocenters. The molecule has 0 saturated carbocycles. The second-order valence-electron chi connectivity index (χ2n) is 5.98. The van der Waals surface area contributed by atoms with Crippen molar-refractivity contribution in [3.8, 4) is 0 Å². The number of hydrogen-bond donors (Lipinski definition) is 2. The van der Waals surface area contributed by atoms with Crippen LogP contribution in [0, 0.1) is 0 Å². The van der Waals surface area contributed by atoms with Crippen molar-refractivity contribution in [2.75, 3.05) is 28.6 Å². The van der Waals surface area contributed by atoms with E-state index in [9.17, 15) is 9.59 Å². The molecular weight excluding hydrogens is 382 g/mol. The molecule has 3 rings (SSSR count). The first kappa shape index (κ1) is 17.5. The Balaban J connectivity index is 1.58. The molecule has 0 unspecified atom stereocenters. The molecule has 5 nitrogen and oxygen atoms in total. The van der Waals surface area contributed by atoms with Gasteiger partial charge < -0.3 is 15.5 Å². The third-order valence-electron chi connectivity index (χ3n) is 4.17. The summed E-state index contributed by atoms with van der Waals surface area (Å²) in [6.45, 7) is 2.14. The Kier molecular flexibility index (Phi) is 5.71. The molecule has 1 saturated heterocycles. The van der Waals surface area contributed by atoms with Crippen LogP contribution in [0.25, 0.3) is 0 Å². The van der Waals surface area contributed by atoms with Crippen molar-refractivity contribution in [2.24, 2.45) is 0 Å². The van der Waals surface area contributed by atoms with Gasteiger partial charge in [-0.05, 0) is 71.6 Å². The van der Waals surface area contributed by atoms with E-state index in [1.807, 2.05) is 30.3 Å². The predicted molar refractivity (Wildman–Crippen MR) is 104 cm³/mol. The molecule has 130 valence electrons. The van der Waals surface area contributed by atoms with E-state index < -0.39 is 11.8 Å². The fourth-order valence-corrected chi connectivity index (χ4v) is 3.22. The van der Waals surface area contributed by atoms with Crippen LogP contribution in [0.1, 0.15) is 19.3 Å². The summed E-state index contributed by atoms with van der Waals surface area (Å²) in [6.07, 6.45) is 3.72. The number of amides is 2. The summed E-state index contributed by atoms with van der Waals surface area (Å²) >= 11 is 3.34. The number of hydrogen-bond acceptors (Lipinski definition) is 3. The second-order valence-corrected chi connectivity index (χ2v) is 6.84. The minimum atomic E-state index is -0.702. The topological polar surface area (TPSA) is 61.4 Å². The minimum absolute atomic E-state index is 0.558. The van der Waals surface area contributed by atoms with Crippen LogP contribution in [-0.4, -0.2) is 24.9 Å². The second kappa shape index (κ2) is 8.16. The molecule has 0 spiro atoms. The quantitative estimate of drug-likeness (QED) is 0.763. The first-order valence-electron chi connectivity index (χ1n) is 8.35. The van der Waals surface area contributed by atoms with Crippen molar-refractivity contribution in [3.63, 3.8) is 0 Å². The summed E-state index contributed by atoms with van der Waals surface area (Å²) in [4.78, 5) is 26.4. The monoisotopic (exact) mass is 401 g/mol. The Bertz CT molecular complexity index is 756. The summed E-state index contributed by atoms with van der Waals surface area (Å²) < 4.78 is 0.724. The summed E-state index contributed by atoms with van der Waals surface area (Å²) in [7, 11) is 0. The van der Waals surface area contributed by atoms with Gasteiger partial charge in [0.25, 0.3) is 0 Å². The summed E-state index contributed by atoms with van der Waals surface area (Å²) in [6, 6.07) is 14.8. The zero-order valence-electron chi connectivity index (χ0n) is 13.8. The predicted octanol–water partition coefficient (Wildman–Crippen LogP) is 4.02. The van der Waals surface area contributed by atoms with Crippen LogP contribution < -0.4 is 15.5 Å². The van der Waals surface area contributed by atoms with E-state index in [0.29, 0.717) is 11.4 Å². The molecule has 2 N–H and O–H groups in total. The van der Waals surface area contributed by atoms with Gasteiger partial charge >= 0.3 is 11.8 Å². The van der Waals surface area contributed by atoms with Crippen molar-refractivity contribution in [1.29, 1.82) is 0 Å². The van der Waals surface area contributed by atoms with Gasteiger partial charge in [-0.1, -0.05) is 12.1 Å². The van der Waals surface area contributed by atoms with E-state index in [0.717, 1.165) is 23.2 Å². The van der Waals surface area contributed by atoms with E-state index in [1.54, 1.807) is 18.2 Å². The van der Waals surface area contributed by atoms with Crippen LogP contribution in [0.3, 0.4) is 0 Å². The summed E-state index contributed by atoms with van der Waals surface area (Å²) in [5.74, 6) is -1.39. The first-order chi connectivity index (χ1) is 12.1. The number of rotatable bonds is 3. The average Bonchev–Trinajstić information content (AvgIpc) is 2.65. The van der Waals surface area contributed by atoms with E-state index in [1.165, 1.54) is 19.3 Å². The van der Waals surface area contributed by atoms with Crippen molar-refractivity contribution < 1.29 is 9.59 Å². The van der Waals surface area contributed by atoms with Crippen LogP contribution in [0.5, 0.6) is 0 Å². The molecule has 6 heteroatoms. The largest absolute Gasteiger partial charge is 0.372 e. The standard InChI is InChI=1S/C19H20BrN3O2/c20-16-6-2-3-7-17(16)22-19(25)18(24)21-14-8-10-15(11-9-14)23-12-4-1-5-13-23/h2-3,6-11H,1,4-5,12-13H2,(H,21,24)(H,22,25). The first-order valence-corrected chi connectivity index (χ1v) is 9.15. The fourth-order valence-electron chi connectivity index (χ4n) is 2.84.